The van der Waals surface area contributed by atoms with E-state index in [1.807, 2.05) is 13.8 Å². The molecule has 0 spiro atoms. The van der Waals surface area contributed by atoms with Gasteiger partial charge in [0.05, 0.1) is 6.54 Å². The Balaban J connectivity index is 4.05. The van der Waals surface area contributed by atoms with Gasteiger partial charge in [0.1, 0.15) is 5.78 Å². The maximum absolute atomic E-state index is 11.5. The number of carbonyl (C=O) groups is 1. The van der Waals surface area contributed by atoms with Gasteiger partial charge < -0.3 is 0 Å². The molecule has 2 heteroatoms. The lowest BCUT2D eigenvalue weighted by molar-refractivity contribution is -0.123. The van der Waals surface area contributed by atoms with Gasteiger partial charge in [-0.15, -0.1) is 0 Å². The van der Waals surface area contributed by atoms with Crippen LogP contribution in [0.4, 0.5) is 0 Å². The van der Waals surface area contributed by atoms with E-state index in [2.05, 4.69) is 25.7 Å². The molecule has 2 nitrogen and oxygen atoms in total. The third-order valence-electron chi connectivity index (χ3n) is 2.62. The summed E-state index contributed by atoms with van der Waals surface area (Å²) in [7, 11) is 0. The highest BCUT2D eigenvalue weighted by atomic mass is 16.1. The molecule has 1 atom stereocenters. The van der Waals surface area contributed by atoms with Crippen LogP contribution in [-0.2, 0) is 4.79 Å². The highest BCUT2D eigenvalue weighted by molar-refractivity contribution is 5.82. The molecule has 0 radical (unpaired) electrons. The molecule has 78 valence electrons. The van der Waals surface area contributed by atoms with Crippen molar-refractivity contribution in [2.24, 2.45) is 5.92 Å². The fourth-order valence-electron chi connectivity index (χ4n) is 1.22. The monoisotopic (exact) mass is 185 g/mol. The van der Waals surface area contributed by atoms with Crippen molar-refractivity contribution in [2.75, 3.05) is 13.1 Å². The molecule has 0 heterocycles. The second-order valence-corrected chi connectivity index (χ2v) is 3.94. The minimum absolute atomic E-state index is 0.165. The van der Waals surface area contributed by atoms with Crippen molar-refractivity contribution in [3.8, 4) is 0 Å². The van der Waals surface area contributed by atoms with Crippen molar-refractivity contribution in [3.05, 3.63) is 0 Å². The van der Waals surface area contributed by atoms with E-state index >= 15 is 0 Å². The summed E-state index contributed by atoms with van der Waals surface area (Å²) in [5.74, 6) is 0.514. The number of hydrogen-bond acceptors (Lipinski definition) is 2. The molecule has 1 unspecified atom stereocenters. The summed E-state index contributed by atoms with van der Waals surface area (Å²) in [6, 6.07) is 0.521. The van der Waals surface area contributed by atoms with E-state index < -0.39 is 0 Å². The summed E-state index contributed by atoms with van der Waals surface area (Å²) in [6.45, 7) is 12.0. The number of carbonyl (C=O) groups excluding carboxylic acids is 1. The summed E-state index contributed by atoms with van der Waals surface area (Å²) in [5.41, 5.74) is 0. The molecule has 0 aliphatic heterocycles. The van der Waals surface area contributed by atoms with Crippen LogP contribution in [-0.4, -0.2) is 29.8 Å². The lowest BCUT2D eigenvalue weighted by Crippen LogP contribution is -2.38. The van der Waals surface area contributed by atoms with Crippen LogP contribution in [0.25, 0.3) is 0 Å². The number of nitrogens with zero attached hydrogens (tertiary/aromatic N) is 1. The zero-order valence-corrected chi connectivity index (χ0v) is 9.63. The Morgan fingerprint density at radius 2 is 1.77 bits per heavy atom. The van der Waals surface area contributed by atoms with Gasteiger partial charge in [-0.25, -0.2) is 0 Å². The molecule has 0 aliphatic rings. The van der Waals surface area contributed by atoms with Gasteiger partial charge in [0, 0.05) is 12.0 Å². The van der Waals surface area contributed by atoms with Crippen LogP contribution in [0.15, 0.2) is 0 Å². The van der Waals surface area contributed by atoms with Crippen molar-refractivity contribution in [3.63, 3.8) is 0 Å². The fraction of sp³-hybridized carbons (Fsp3) is 0.909. The second kappa shape index (κ2) is 6.14. The molecule has 0 saturated carbocycles. The fourth-order valence-corrected chi connectivity index (χ4v) is 1.22. The minimum Gasteiger partial charge on any atom is -0.298 e. The first-order chi connectivity index (χ1) is 6.02. The van der Waals surface area contributed by atoms with Crippen molar-refractivity contribution < 1.29 is 4.79 Å². The van der Waals surface area contributed by atoms with Gasteiger partial charge in [0.15, 0.2) is 0 Å². The summed E-state index contributed by atoms with van der Waals surface area (Å²) < 4.78 is 0. The molecule has 0 aromatic carbocycles. The Labute approximate surface area is 82.3 Å². The number of rotatable bonds is 6. The van der Waals surface area contributed by atoms with Crippen molar-refractivity contribution in [2.45, 2.75) is 47.1 Å². The van der Waals surface area contributed by atoms with E-state index in [1.54, 1.807) is 0 Å². The van der Waals surface area contributed by atoms with Crippen LogP contribution >= 0.6 is 0 Å². The van der Waals surface area contributed by atoms with Crippen LogP contribution in [0.5, 0.6) is 0 Å². The van der Waals surface area contributed by atoms with Crippen LogP contribution in [0, 0.1) is 5.92 Å². The van der Waals surface area contributed by atoms with Gasteiger partial charge in [-0.3, -0.25) is 9.69 Å². The normalized spacial score (nSPS) is 13.8. The highest BCUT2D eigenvalue weighted by Gasteiger charge is 2.15. The maximum atomic E-state index is 11.5. The first-order valence-corrected chi connectivity index (χ1v) is 5.29. The Morgan fingerprint density at radius 1 is 1.23 bits per heavy atom. The topological polar surface area (TPSA) is 20.3 Å². The standard InChI is InChI=1S/C11H23NO/c1-6-10(5)12(7-2)8-11(13)9(3)4/h9-10H,6-8H2,1-5H3. The second-order valence-electron chi connectivity index (χ2n) is 3.94. The molecule has 13 heavy (non-hydrogen) atoms. The van der Waals surface area contributed by atoms with Crippen molar-refractivity contribution >= 4 is 5.78 Å². The lowest BCUT2D eigenvalue weighted by atomic mass is 10.1. The first kappa shape index (κ1) is 12.6. The third kappa shape index (κ3) is 4.41. The summed E-state index contributed by atoms with van der Waals surface area (Å²) >= 11 is 0. The molecule has 0 bridgehead atoms. The predicted octanol–water partition coefficient (Wildman–Crippen LogP) is 2.33. The number of ketones is 1. The molecular weight excluding hydrogens is 162 g/mol. The van der Waals surface area contributed by atoms with Crippen LogP contribution in [0.1, 0.15) is 41.0 Å². The summed E-state index contributed by atoms with van der Waals surface area (Å²) in [5, 5.41) is 0. The molecular formula is C11H23NO. The zero-order valence-electron chi connectivity index (χ0n) is 9.63. The largest absolute Gasteiger partial charge is 0.298 e. The van der Waals surface area contributed by atoms with E-state index in [4.69, 9.17) is 0 Å². The van der Waals surface area contributed by atoms with Gasteiger partial charge in [0.2, 0.25) is 0 Å². The highest BCUT2D eigenvalue weighted by Crippen LogP contribution is 2.05. The van der Waals surface area contributed by atoms with Crippen LogP contribution < -0.4 is 0 Å². The van der Waals surface area contributed by atoms with Crippen LogP contribution in [0.3, 0.4) is 0 Å². The van der Waals surface area contributed by atoms with E-state index in [9.17, 15) is 4.79 Å². The maximum Gasteiger partial charge on any atom is 0.149 e. The molecule has 0 N–H and O–H groups in total. The Morgan fingerprint density at radius 3 is 2.08 bits per heavy atom. The Kier molecular flexibility index (Phi) is 5.97. The van der Waals surface area contributed by atoms with Gasteiger partial charge in [0.25, 0.3) is 0 Å². The number of Topliss-reactive ketones (excluding diaryl/α,β-unsaturated/α-hetero) is 1. The molecule has 0 rings (SSSR count). The summed E-state index contributed by atoms with van der Waals surface area (Å²) in [6.07, 6.45) is 1.11. The molecule has 0 aromatic heterocycles. The molecule has 0 saturated heterocycles. The minimum atomic E-state index is 0.165. The Bertz CT molecular complexity index is 154. The van der Waals surface area contributed by atoms with Gasteiger partial charge in [-0.1, -0.05) is 27.7 Å². The van der Waals surface area contributed by atoms with E-state index in [0.29, 0.717) is 18.4 Å². The smallest absolute Gasteiger partial charge is 0.149 e. The molecule has 0 amide bonds. The quantitative estimate of drug-likeness (QED) is 0.633. The van der Waals surface area contributed by atoms with Gasteiger partial charge in [-0.2, -0.15) is 0 Å². The van der Waals surface area contributed by atoms with Gasteiger partial charge >= 0.3 is 0 Å². The van der Waals surface area contributed by atoms with Crippen molar-refractivity contribution in [1.82, 2.24) is 4.90 Å². The molecule has 0 aromatic rings. The first-order valence-electron chi connectivity index (χ1n) is 5.29. The SMILES string of the molecule is CCC(C)N(CC)CC(=O)C(C)C. The third-order valence-corrected chi connectivity index (χ3v) is 2.62. The Hall–Kier alpha value is -0.370. The van der Waals surface area contributed by atoms with Crippen molar-refractivity contribution in [1.29, 1.82) is 0 Å². The molecule has 0 fully saturated rings. The number of hydrogen-bond donors (Lipinski definition) is 0. The predicted molar refractivity (Wildman–Crippen MR) is 56.8 cm³/mol. The van der Waals surface area contributed by atoms with Crippen LogP contribution in [0.2, 0.25) is 0 Å². The zero-order chi connectivity index (χ0) is 10.4. The average Bonchev–Trinajstić information content (AvgIpc) is 2.12. The average molecular weight is 185 g/mol. The van der Waals surface area contributed by atoms with E-state index in [-0.39, 0.29) is 5.92 Å². The summed E-state index contributed by atoms with van der Waals surface area (Å²) in [4.78, 5) is 13.7. The van der Waals surface area contributed by atoms with E-state index in [0.717, 1.165) is 13.0 Å². The lowest BCUT2D eigenvalue weighted by Gasteiger charge is -2.26. The number of likely N-dealkylation sites (N-methyl/N-ethyl adjacent to an activating group) is 1. The molecule has 0 aliphatic carbocycles. The van der Waals surface area contributed by atoms with Gasteiger partial charge in [-0.05, 0) is 19.9 Å². The van der Waals surface area contributed by atoms with E-state index in [1.165, 1.54) is 0 Å².